The summed E-state index contributed by atoms with van der Waals surface area (Å²) in [5, 5.41) is 13.5. The smallest absolute Gasteiger partial charge is 0.0626 e. The third-order valence-electron chi connectivity index (χ3n) is 6.58. The van der Waals surface area contributed by atoms with Gasteiger partial charge in [-0.05, 0) is 41.6 Å². The molecule has 2 N–H and O–H groups in total. The molecule has 1 aromatic carbocycles. The third kappa shape index (κ3) is 1.93. The fraction of sp³-hybridized carbons (Fsp3) is 0.667. The number of hydrogen-bond acceptors (Lipinski definition) is 2. The lowest BCUT2D eigenvalue weighted by atomic mass is 9.69. The predicted molar refractivity (Wildman–Crippen MR) is 82.4 cm³/mol. The van der Waals surface area contributed by atoms with Gasteiger partial charge in [0, 0.05) is 6.04 Å². The van der Waals surface area contributed by atoms with E-state index in [1.54, 1.807) is 0 Å². The van der Waals surface area contributed by atoms with Crippen molar-refractivity contribution >= 4 is 0 Å². The van der Waals surface area contributed by atoms with Gasteiger partial charge < -0.3 is 10.4 Å². The molecular weight excluding hydrogens is 246 g/mol. The standard InChI is InChI=1S/C18H27NO/c1-17(2)14-9-10-18(17,3)16(11-14)19-15(12-20)13-7-5-4-6-8-13/h4-8,14-16,19-20H,9-12H2,1-3H3/t14?,15-,16?,18?/m1/s1. The minimum absolute atomic E-state index is 0.0631. The van der Waals surface area contributed by atoms with Crippen LogP contribution in [-0.2, 0) is 0 Å². The Kier molecular flexibility index (Phi) is 3.42. The monoisotopic (exact) mass is 273 g/mol. The van der Waals surface area contributed by atoms with Gasteiger partial charge in [-0.25, -0.2) is 0 Å². The Morgan fingerprint density at radius 2 is 1.95 bits per heavy atom. The van der Waals surface area contributed by atoms with Crippen LogP contribution in [-0.4, -0.2) is 17.8 Å². The molecule has 3 rings (SSSR count). The molecule has 4 atom stereocenters. The molecule has 2 saturated carbocycles. The van der Waals surface area contributed by atoms with Gasteiger partial charge in [-0.3, -0.25) is 0 Å². The van der Waals surface area contributed by atoms with E-state index in [1.165, 1.54) is 24.8 Å². The number of nitrogens with one attached hydrogen (secondary N) is 1. The van der Waals surface area contributed by atoms with Crippen LogP contribution in [0.15, 0.2) is 30.3 Å². The van der Waals surface area contributed by atoms with Gasteiger partial charge in [0.05, 0.1) is 12.6 Å². The second kappa shape index (κ2) is 4.85. The molecule has 20 heavy (non-hydrogen) atoms. The first kappa shape index (κ1) is 14.1. The van der Waals surface area contributed by atoms with Gasteiger partial charge in [0.2, 0.25) is 0 Å². The summed E-state index contributed by atoms with van der Waals surface area (Å²) in [7, 11) is 0. The molecule has 110 valence electrons. The first-order valence-electron chi connectivity index (χ1n) is 7.91. The molecule has 0 aliphatic heterocycles. The number of hydrogen-bond donors (Lipinski definition) is 2. The molecule has 2 bridgehead atoms. The van der Waals surface area contributed by atoms with Crippen LogP contribution in [0, 0.1) is 16.7 Å². The maximum atomic E-state index is 9.76. The molecule has 0 amide bonds. The van der Waals surface area contributed by atoms with Crippen molar-refractivity contribution in [2.75, 3.05) is 6.61 Å². The van der Waals surface area contributed by atoms with Gasteiger partial charge in [0.15, 0.2) is 0 Å². The average Bonchev–Trinajstić information content (AvgIpc) is 2.78. The molecule has 0 heterocycles. The summed E-state index contributed by atoms with van der Waals surface area (Å²) in [5.74, 6) is 0.833. The van der Waals surface area contributed by atoms with Gasteiger partial charge in [-0.2, -0.15) is 0 Å². The summed E-state index contributed by atoms with van der Waals surface area (Å²) in [6.07, 6.45) is 3.94. The van der Waals surface area contributed by atoms with Crippen LogP contribution >= 0.6 is 0 Å². The predicted octanol–water partition coefficient (Wildman–Crippen LogP) is 3.52. The summed E-state index contributed by atoms with van der Waals surface area (Å²) in [5.41, 5.74) is 1.97. The Hall–Kier alpha value is -0.860. The van der Waals surface area contributed by atoms with E-state index >= 15 is 0 Å². The summed E-state index contributed by atoms with van der Waals surface area (Å²) in [4.78, 5) is 0. The zero-order valence-corrected chi connectivity index (χ0v) is 12.9. The Balaban J connectivity index is 1.79. The second-order valence-electron chi connectivity index (χ2n) is 7.48. The average molecular weight is 273 g/mol. The largest absolute Gasteiger partial charge is 0.394 e. The molecule has 1 aromatic rings. The minimum atomic E-state index is 0.0631. The maximum Gasteiger partial charge on any atom is 0.0626 e. The first-order valence-corrected chi connectivity index (χ1v) is 7.91. The zero-order valence-electron chi connectivity index (χ0n) is 12.9. The van der Waals surface area contributed by atoms with Crippen LogP contribution in [0.4, 0.5) is 0 Å². The lowest BCUT2D eigenvalue weighted by molar-refractivity contribution is 0.107. The van der Waals surface area contributed by atoms with Crippen LogP contribution in [0.2, 0.25) is 0 Å². The highest BCUT2D eigenvalue weighted by Gasteiger charge is 2.61. The number of rotatable bonds is 4. The highest BCUT2D eigenvalue weighted by atomic mass is 16.3. The summed E-state index contributed by atoms with van der Waals surface area (Å²) < 4.78 is 0. The Bertz CT molecular complexity index is 470. The van der Waals surface area contributed by atoms with Crippen LogP contribution in [0.5, 0.6) is 0 Å². The summed E-state index contributed by atoms with van der Waals surface area (Å²) in [6, 6.07) is 10.9. The Labute approximate surface area is 122 Å². The topological polar surface area (TPSA) is 32.3 Å². The molecular formula is C18H27NO. The summed E-state index contributed by atoms with van der Waals surface area (Å²) >= 11 is 0. The molecule has 2 aliphatic carbocycles. The number of fused-ring (bicyclic) bond motifs is 2. The van der Waals surface area contributed by atoms with Crippen LogP contribution in [0.25, 0.3) is 0 Å². The Morgan fingerprint density at radius 3 is 2.45 bits per heavy atom. The van der Waals surface area contributed by atoms with Crippen LogP contribution in [0.3, 0.4) is 0 Å². The normalized spacial score (nSPS) is 36.2. The molecule has 0 saturated heterocycles. The SMILES string of the molecule is CC1(C)C2CCC1(C)C(N[C@H](CO)c1ccccc1)C2. The molecule has 2 fully saturated rings. The van der Waals surface area contributed by atoms with Crippen molar-refractivity contribution in [1.82, 2.24) is 5.32 Å². The van der Waals surface area contributed by atoms with Crippen molar-refractivity contribution < 1.29 is 5.11 Å². The molecule has 3 unspecified atom stereocenters. The molecule has 0 radical (unpaired) electrons. The van der Waals surface area contributed by atoms with Gasteiger partial charge in [0.25, 0.3) is 0 Å². The van der Waals surface area contributed by atoms with E-state index in [9.17, 15) is 5.11 Å². The van der Waals surface area contributed by atoms with E-state index < -0.39 is 0 Å². The molecule has 0 aromatic heterocycles. The molecule has 2 nitrogen and oxygen atoms in total. The van der Waals surface area contributed by atoms with E-state index in [4.69, 9.17) is 0 Å². The third-order valence-corrected chi connectivity index (χ3v) is 6.58. The van der Waals surface area contributed by atoms with E-state index in [0.717, 1.165) is 5.92 Å². The number of benzene rings is 1. The van der Waals surface area contributed by atoms with Gasteiger partial charge in [0.1, 0.15) is 0 Å². The maximum absolute atomic E-state index is 9.76. The lowest BCUT2D eigenvalue weighted by Gasteiger charge is -2.41. The van der Waals surface area contributed by atoms with Crippen molar-refractivity contribution in [3.05, 3.63) is 35.9 Å². The van der Waals surface area contributed by atoms with Crippen LogP contribution < -0.4 is 5.32 Å². The van der Waals surface area contributed by atoms with E-state index in [2.05, 4.69) is 38.2 Å². The van der Waals surface area contributed by atoms with Crippen molar-refractivity contribution in [3.8, 4) is 0 Å². The van der Waals surface area contributed by atoms with Crippen LogP contribution in [0.1, 0.15) is 51.6 Å². The molecule has 0 spiro atoms. The van der Waals surface area contributed by atoms with Crippen molar-refractivity contribution in [1.29, 1.82) is 0 Å². The van der Waals surface area contributed by atoms with Gasteiger partial charge in [-0.15, -0.1) is 0 Å². The summed E-state index contributed by atoms with van der Waals surface area (Å²) in [6.45, 7) is 7.48. The highest BCUT2D eigenvalue weighted by molar-refractivity contribution is 5.21. The van der Waals surface area contributed by atoms with Crippen molar-refractivity contribution in [3.63, 3.8) is 0 Å². The Morgan fingerprint density at radius 1 is 1.25 bits per heavy atom. The molecule has 2 heteroatoms. The lowest BCUT2D eigenvalue weighted by Crippen LogP contribution is -2.46. The van der Waals surface area contributed by atoms with Gasteiger partial charge in [-0.1, -0.05) is 51.1 Å². The van der Waals surface area contributed by atoms with E-state index in [1.807, 2.05) is 18.2 Å². The fourth-order valence-corrected chi connectivity index (χ4v) is 4.64. The quantitative estimate of drug-likeness (QED) is 0.879. The number of aliphatic hydroxyl groups is 1. The van der Waals surface area contributed by atoms with Crippen molar-refractivity contribution in [2.24, 2.45) is 16.7 Å². The highest BCUT2D eigenvalue weighted by Crippen LogP contribution is 2.65. The number of aliphatic hydroxyl groups excluding tert-OH is 1. The molecule has 2 aliphatic rings. The van der Waals surface area contributed by atoms with E-state index in [-0.39, 0.29) is 12.6 Å². The fourth-order valence-electron chi connectivity index (χ4n) is 4.64. The van der Waals surface area contributed by atoms with Gasteiger partial charge >= 0.3 is 0 Å². The minimum Gasteiger partial charge on any atom is -0.394 e. The zero-order chi connectivity index (χ0) is 14.4. The first-order chi connectivity index (χ1) is 9.49. The van der Waals surface area contributed by atoms with E-state index in [0.29, 0.717) is 16.9 Å². The van der Waals surface area contributed by atoms with Crippen molar-refractivity contribution in [2.45, 2.75) is 52.1 Å². The second-order valence-corrected chi connectivity index (χ2v) is 7.48.